The van der Waals surface area contributed by atoms with E-state index in [9.17, 15) is 19.2 Å². The molecule has 0 aromatic carbocycles. The van der Waals surface area contributed by atoms with Gasteiger partial charge in [-0.15, -0.1) is 0 Å². The number of carbonyl (C=O) groups excluding carboxylic acids is 4. The van der Waals surface area contributed by atoms with Crippen molar-refractivity contribution in [2.75, 3.05) is 33.0 Å². The first-order valence-electron chi connectivity index (χ1n) is 22.6. The van der Waals surface area contributed by atoms with Crippen molar-refractivity contribution in [1.29, 1.82) is 0 Å². The van der Waals surface area contributed by atoms with Gasteiger partial charge in [0, 0.05) is 32.9 Å². The maximum atomic E-state index is 13.6. The number of ether oxygens (including phenoxy) is 3. The van der Waals surface area contributed by atoms with Crippen molar-refractivity contribution >= 4 is 23.8 Å². The molecule has 0 unspecified atom stereocenters. The Morgan fingerprint density at radius 2 is 0.759 bits per heavy atom. The molecule has 0 aromatic heterocycles. The summed E-state index contributed by atoms with van der Waals surface area (Å²) in [6.07, 6.45) is 35.0. The lowest BCUT2D eigenvalue weighted by Crippen LogP contribution is -2.51. The highest BCUT2D eigenvalue weighted by Gasteiger charge is 2.43. The van der Waals surface area contributed by atoms with Gasteiger partial charge in [0.2, 0.25) is 5.91 Å². The average molecular weight is 768 g/mol. The lowest BCUT2D eigenvalue weighted by molar-refractivity contribution is -0.166. The Balaban J connectivity index is 4.80. The molecule has 318 valence electrons. The van der Waals surface area contributed by atoms with Crippen LogP contribution in [0, 0.1) is 5.41 Å². The van der Waals surface area contributed by atoms with E-state index in [2.05, 4.69) is 19.2 Å². The molecule has 0 aliphatic carbocycles. The van der Waals surface area contributed by atoms with E-state index < -0.39 is 29.2 Å². The van der Waals surface area contributed by atoms with Crippen LogP contribution in [0.15, 0.2) is 0 Å². The maximum Gasteiger partial charge on any atom is 0.305 e. The highest BCUT2D eigenvalue weighted by molar-refractivity contribution is 5.84. The lowest BCUT2D eigenvalue weighted by Gasteiger charge is -2.31. The summed E-state index contributed by atoms with van der Waals surface area (Å²) in [4.78, 5) is 51.1. The van der Waals surface area contributed by atoms with Crippen LogP contribution in [0.4, 0.5) is 0 Å². The minimum Gasteiger partial charge on any atom is -0.464 e. The summed E-state index contributed by atoms with van der Waals surface area (Å²) in [7, 11) is 0. The summed E-state index contributed by atoms with van der Waals surface area (Å²) in [5.41, 5.74) is -1.55. The van der Waals surface area contributed by atoms with Gasteiger partial charge in [0.25, 0.3) is 0 Å². The number of aliphatic hydroxyl groups is 1. The van der Waals surface area contributed by atoms with Gasteiger partial charge in [-0.05, 0) is 25.7 Å². The van der Waals surface area contributed by atoms with E-state index in [0.717, 1.165) is 38.5 Å². The van der Waals surface area contributed by atoms with Gasteiger partial charge in [-0.25, -0.2) is 0 Å². The number of rotatable bonds is 41. The number of carbonyl (C=O) groups is 4. The van der Waals surface area contributed by atoms with E-state index in [-0.39, 0.29) is 39.3 Å². The first-order valence-corrected chi connectivity index (χ1v) is 22.6. The standard InChI is InChI=1S/C45H85NO8/c1-4-6-8-10-12-14-16-18-20-22-24-26-30-34-42(49)53-39-45(38-52-41(3)48,44(51)46-36-32-28-29-33-37-47)40-54-43(50)35-31-27-25-23-21-19-17-15-13-11-9-7-5-2/h47H,4-40H2,1-3H3,(H,46,51). The summed E-state index contributed by atoms with van der Waals surface area (Å²) < 4.78 is 16.6. The van der Waals surface area contributed by atoms with E-state index in [1.165, 1.54) is 135 Å². The monoisotopic (exact) mass is 768 g/mol. The van der Waals surface area contributed by atoms with E-state index in [1.54, 1.807) is 0 Å². The van der Waals surface area contributed by atoms with Gasteiger partial charge in [-0.3, -0.25) is 19.2 Å². The zero-order valence-electron chi connectivity index (χ0n) is 35.5. The quantitative estimate of drug-likeness (QED) is 0.0357. The maximum absolute atomic E-state index is 13.6. The minimum atomic E-state index is -1.55. The summed E-state index contributed by atoms with van der Waals surface area (Å²) in [6, 6.07) is 0. The Morgan fingerprint density at radius 3 is 1.11 bits per heavy atom. The third-order valence-corrected chi connectivity index (χ3v) is 10.4. The van der Waals surface area contributed by atoms with Gasteiger partial charge < -0.3 is 24.6 Å². The van der Waals surface area contributed by atoms with Crippen LogP contribution in [-0.4, -0.2) is 61.9 Å². The molecule has 2 N–H and O–H groups in total. The van der Waals surface area contributed by atoms with Crippen LogP contribution in [0.1, 0.15) is 226 Å². The Labute approximate surface area is 331 Å². The van der Waals surface area contributed by atoms with Crippen LogP contribution >= 0.6 is 0 Å². The Bertz CT molecular complexity index is 849. The molecule has 0 rings (SSSR count). The van der Waals surface area contributed by atoms with Crippen molar-refractivity contribution < 1.29 is 38.5 Å². The number of nitrogens with one attached hydrogen (secondary N) is 1. The van der Waals surface area contributed by atoms with E-state index in [0.29, 0.717) is 32.2 Å². The fraction of sp³-hybridized carbons (Fsp3) is 0.911. The number of unbranched alkanes of at least 4 members (excludes halogenated alkanes) is 27. The number of aliphatic hydroxyl groups excluding tert-OH is 1. The molecule has 0 atom stereocenters. The summed E-state index contributed by atoms with van der Waals surface area (Å²) >= 11 is 0. The third-order valence-electron chi connectivity index (χ3n) is 10.4. The lowest BCUT2D eigenvalue weighted by atomic mass is 9.89. The fourth-order valence-corrected chi connectivity index (χ4v) is 6.70. The molecule has 0 bridgehead atoms. The molecule has 0 aromatic rings. The molecule has 1 amide bonds. The van der Waals surface area contributed by atoms with Crippen molar-refractivity contribution in [2.45, 2.75) is 226 Å². The fourth-order valence-electron chi connectivity index (χ4n) is 6.70. The second-order valence-corrected chi connectivity index (χ2v) is 15.8. The highest BCUT2D eigenvalue weighted by atomic mass is 16.6. The number of hydrogen-bond donors (Lipinski definition) is 2. The number of amides is 1. The van der Waals surface area contributed by atoms with Gasteiger partial charge in [-0.1, -0.05) is 181 Å². The minimum absolute atomic E-state index is 0.132. The third kappa shape index (κ3) is 33.2. The van der Waals surface area contributed by atoms with Crippen molar-refractivity contribution in [3.63, 3.8) is 0 Å². The smallest absolute Gasteiger partial charge is 0.305 e. The molecule has 54 heavy (non-hydrogen) atoms. The molecule has 0 aliphatic heterocycles. The van der Waals surface area contributed by atoms with Gasteiger partial charge in [0.15, 0.2) is 5.41 Å². The average Bonchev–Trinajstić information content (AvgIpc) is 3.16. The van der Waals surface area contributed by atoms with Gasteiger partial charge in [0.05, 0.1) is 0 Å². The molecule has 0 spiro atoms. The molecule has 9 heteroatoms. The molecule has 0 radical (unpaired) electrons. The van der Waals surface area contributed by atoms with Gasteiger partial charge >= 0.3 is 17.9 Å². The SMILES string of the molecule is CCCCCCCCCCCCCCCC(=O)OCC(COC(C)=O)(COC(=O)CCCCCCCCCCCCCCC)C(=O)NCCCCCCO. The Kier molecular flexibility index (Phi) is 37.5. The normalized spacial score (nSPS) is 11.4. The number of esters is 3. The zero-order valence-corrected chi connectivity index (χ0v) is 35.5. The largest absolute Gasteiger partial charge is 0.464 e. The van der Waals surface area contributed by atoms with E-state index >= 15 is 0 Å². The Morgan fingerprint density at radius 1 is 0.444 bits per heavy atom. The van der Waals surface area contributed by atoms with Gasteiger partial charge in [-0.2, -0.15) is 0 Å². The zero-order chi connectivity index (χ0) is 39.8. The van der Waals surface area contributed by atoms with E-state index in [1.807, 2.05) is 0 Å². The molecule has 0 aliphatic rings. The number of hydrogen-bond acceptors (Lipinski definition) is 8. The van der Waals surface area contributed by atoms with Gasteiger partial charge in [0.1, 0.15) is 19.8 Å². The summed E-state index contributed by atoms with van der Waals surface area (Å²) in [5.74, 6) is -1.89. The van der Waals surface area contributed by atoms with Crippen LogP contribution in [0.5, 0.6) is 0 Å². The van der Waals surface area contributed by atoms with Crippen LogP contribution < -0.4 is 5.32 Å². The topological polar surface area (TPSA) is 128 Å². The molecule has 9 nitrogen and oxygen atoms in total. The highest BCUT2D eigenvalue weighted by Crippen LogP contribution is 2.23. The van der Waals surface area contributed by atoms with Crippen molar-refractivity contribution in [3.05, 3.63) is 0 Å². The summed E-state index contributed by atoms with van der Waals surface area (Å²) in [6.45, 7) is 5.19. The molecular formula is C45H85NO8. The second-order valence-electron chi connectivity index (χ2n) is 15.8. The van der Waals surface area contributed by atoms with E-state index in [4.69, 9.17) is 19.3 Å². The molecular weight excluding hydrogens is 682 g/mol. The molecule has 0 fully saturated rings. The molecule has 0 heterocycles. The van der Waals surface area contributed by atoms with Crippen LogP contribution in [-0.2, 0) is 33.4 Å². The van der Waals surface area contributed by atoms with Crippen LogP contribution in [0.3, 0.4) is 0 Å². The summed E-state index contributed by atoms with van der Waals surface area (Å²) in [5, 5.41) is 11.9. The van der Waals surface area contributed by atoms with Crippen LogP contribution in [0.25, 0.3) is 0 Å². The second kappa shape index (κ2) is 39.1. The van der Waals surface area contributed by atoms with Crippen molar-refractivity contribution in [3.8, 4) is 0 Å². The van der Waals surface area contributed by atoms with Crippen molar-refractivity contribution in [1.82, 2.24) is 5.32 Å². The predicted molar refractivity (Wildman–Crippen MR) is 220 cm³/mol. The molecule has 0 saturated heterocycles. The van der Waals surface area contributed by atoms with Crippen LogP contribution in [0.2, 0.25) is 0 Å². The first kappa shape index (κ1) is 51.8. The Hall–Kier alpha value is -2.16. The first-order chi connectivity index (χ1) is 26.3. The van der Waals surface area contributed by atoms with Crippen molar-refractivity contribution in [2.24, 2.45) is 5.41 Å². The predicted octanol–water partition coefficient (Wildman–Crippen LogP) is 11.3. The molecule has 0 saturated carbocycles.